The number of ether oxygens (including phenoxy) is 1. The summed E-state index contributed by atoms with van der Waals surface area (Å²) in [6, 6.07) is 19.9. The van der Waals surface area contributed by atoms with E-state index >= 15 is 0 Å². The number of nitrogens with one attached hydrogen (secondary N) is 1. The van der Waals surface area contributed by atoms with Gasteiger partial charge in [-0.05, 0) is 68.1 Å². The highest BCUT2D eigenvalue weighted by atomic mass is 35.5. The molecule has 3 rings (SSSR count). The Hall–Kier alpha value is -3.02. The van der Waals surface area contributed by atoms with E-state index in [2.05, 4.69) is 5.32 Å². The molecule has 5 nitrogen and oxygen atoms in total. The number of carbonyl (C=O) groups is 2. The maximum atomic E-state index is 13.7. The minimum absolute atomic E-state index is 0.0797. The van der Waals surface area contributed by atoms with Crippen LogP contribution in [0.15, 0.2) is 66.7 Å². The average molecular weight is 527 g/mol. The number of carbonyl (C=O) groups excluding carboxylic acids is 2. The highest BCUT2D eigenvalue weighted by Gasteiger charge is 2.31. The van der Waals surface area contributed by atoms with E-state index in [-0.39, 0.29) is 31.0 Å². The van der Waals surface area contributed by atoms with Crippen molar-refractivity contribution in [1.82, 2.24) is 10.2 Å². The molecular weight excluding hydrogens is 495 g/mol. The monoisotopic (exact) mass is 526 g/mol. The smallest absolute Gasteiger partial charge is 0.261 e. The van der Waals surface area contributed by atoms with Gasteiger partial charge in [0.25, 0.3) is 5.91 Å². The van der Waals surface area contributed by atoms with E-state index in [9.17, 15) is 9.59 Å². The number of hydrogen-bond donors (Lipinski definition) is 1. The zero-order valence-corrected chi connectivity index (χ0v) is 22.6. The molecule has 0 aliphatic heterocycles. The Labute approximate surface area is 223 Å². The van der Waals surface area contributed by atoms with E-state index in [4.69, 9.17) is 27.9 Å². The molecule has 0 aliphatic rings. The average Bonchev–Trinajstić information content (AvgIpc) is 2.84. The lowest BCUT2D eigenvalue weighted by Gasteiger charge is -2.32. The van der Waals surface area contributed by atoms with Crippen LogP contribution in [0.3, 0.4) is 0 Å². The van der Waals surface area contributed by atoms with Crippen LogP contribution in [0.5, 0.6) is 5.75 Å². The van der Waals surface area contributed by atoms with Crippen LogP contribution in [0.25, 0.3) is 0 Å². The van der Waals surface area contributed by atoms with Crippen LogP contribution in [-0.4, -0.2) is 35.4 Å². The number of nitrogens with zero attached hydrogens (tertiary/aromatic N) is 1. The molecule has 36 heavy (non-hydrogen) atoms. The number of amides is 2. The van der Waals surface area contributed by atoms with Gasteiger partial charge >= 0.3 is 0 Å². The first kappa shape index (κ1) is 27.6. The molecule has 0 spiro atoms. The quantitative estimate of drug-likeness (QED) is 0.344. The van der Waals surface area contributed by atoms with Crippen LogP contribution in [0.1, 0.15) is 36.1 Å². The van der Waals surface area contributed by atoms with Gasteiger partial charge in [0.2, 0.25) is 5.91 Å². The Morgan fingerprint density at radius 3 is 2.31 bits per heavy atom. The van der Waals surface area contributed by atoms with Crippen LogP contribution in [0.4, 0.5) is 0 Å². The second-order valence-electron chi connectivity index (χ2n) is 9.20. The third-order valence-corrected chi connectivity index (χ3v) is 6.47. The van der Waals surface area contributed by atoms with Gasteiger partial charge in [0.15, 0.2) is 6.61 Å². The van der Waals surface area contributed by atoms with Gasteiger partial charge in [0, 0.05) is 19.0 Å². The summed E-state index contributed by atoms with van der Waals surface area (Å²) in [6.45, 7) is 7.66. The molecule has 2 amide bonds. The van der Waals surface area contributed by atoms with Crippen molar-refractivity contribution in [3.63, 3.8) is 0 Å². The first-order valence-corrected chi connectivity index (χ1v) is 12.7. The summed E-state index contributed by atoms with van der Waals surface area (Å²) in [7, 11) is 0. The van der Waals surface area contributed by atoms with Crippen molar-refractivity contribution in [2.45, 2.75) is 52.7 Å². The molecule has 0 aromatic heterocycles. The van der Waals surface area contributed by atoms with E-state index in [0.29, 0.717) is 22.2 Å². The molecule has 0 unspecified atom stereocenters. The predicted octanol–water partition coefficient (Wildman–Crippen LogP) is 6.15. The van der Waals surface area contributed by atoms with Crippen molar-refractivity contribution in [3.8, 4) is 5.75 Å². The Morgan fingerprint density at radius 2 is 1.64 bits per heavy atom. The van der Waals surface area contributed by atoms with E-state index in [1.165, 1.54) is 0 Å². The summed E-state index contributed by atoms with van der Waals surface area (Å²) in [5, 5.41) is 3.79. The van der Waals surface area contributed by atoms with E-state index in [1.54, 1.807) is 23.1 Å². The number of rotatable bonds is 10. The first-order chi connectivity index (χ1) is 17.1. The molecule has 3 aromatic carbocycles. The normalized spacial score (nSPS) is 11.8. The number of aryl methyl sites for hydroxylation is 2. The molecule has 0 bridgehead atoms. The summed E-state index contributed by atoms with van der Waals surface area (Å²) < 4.78 is 5.93. The standard InChI is InChI=1S/C29H32Cl2N2O3/c1-19(2)32-29(35)26(16-22-8-6-5-7-9-22)33(17-23-12-13-24(30)25(31)15-23)28(34)18-36-27-14-20(3)10-11-21(27)4/h5-15,19,26H,16-18H2,1-4H3,(H,32,35)/t26-/m1/s1. The minimum atomic E-state index is -0.751. The van der Waals surface area contributed by atoms with Crippen LogP contribution in [0, 0.1) is 13.8 Å². The zero-order chi connectivity index (χ0) is 26.2. The van der Waals surface area contributed by atoms with Crippen LogP contribution < -0.4 is 10.1 Å². The molecule has 0 radical (unpaired) electrons. The van der Waals surface area contributed by atoms with Gasteiger partial charge < -0.3 is 15.0 Å². The fraction of sp³-hybridized carbons (Fsp3) is 0.310. The Kier molecular flexibility index (Phi) is 9.80. The van der Waals surface area contributed by atoms with Gasteiger partial charge in [-0.25, -0.2) is 0 Å². The molecule has 0 saturated carbocycles. The van der Waals surface area contributed by atoms with Gasteiger partial charge in [-0.2, -0.15) is 0 Å². The maximum absolute atomic E-state index is 13.7. The second-order valence-corrected chi connectivity index (χ2v) is 10.0. The Morgan fingerprint density at radius 1 is 0.917 bits per heavy atom. The second kappa shape index (κ2) is 12.8. The Balaban J connectivity index is 1.94. The van der Waals surface area contributed by atoms with Crippen molar-refractivity contribution in [3.05, 3.63) is 99.0 Å². The van der Waals surface area contributed by atoms with E-state index in [0.717, 1.165) is 22.3 Å². The number of hydrogen-bond acceptors (Lipinski definition) is 3. The molecule has 0 saturated heterocycles. The highest BCUT2D eigenvalue weighted by Crippen LogP contribution is 2.25. The van der Waals surface area contributed by atoms with Gasteiger partial charge in [0.05, 0.1) is 10.0 Å². The fourth-order valence-electron chi connectivity index (χ4n) is 3.85. The molecule has 0 heterocycles. The summed E-state index contributed by atoms with van der Waals surface area (Å²) in [5.74, 6) is 0.111. The highest BCUT2D eigenvalue weighted by molar-refractivity contribution is 6.42. The van der Waals surface area contributed by atoms with Crippen molar-refractivity contribution < 1.29 is 14.3 Å². The summed E-state index contributed by atoms with van der Waals surface area (Å²) >= 11 is 12.4. The van der Waals surface area contributed by atoms with Crippen LogP contribution >= 0.6 is 23.2 Å². The fourth-order valence-corrected chi connectivity index (χ4v) is 4.18. The molecule has 3 aromatic rings. The molecule has 0 fully saturated rings. The van der Waals surface area contributed by atoms with Crippen molar-refractivity contribution in [2.24, 2.45) is 0 Å². The van der Waals surface area contributed by atoms with Crippen LogP contribution in [0.2, 0.25) is 10.0 Å². The first-order valence-electron chi connectivity index (χ1n) is 11.9. The maximum Gasteiger partial charge on any atom is 0.261 e. The third-order valence-electron chi connectivity index (χ3n) is 5.73. The molecular formula is C29H32Cl2N2O3. The van der Waals surface area contributed by atoms with Crippen molar-refractivity contribution in [2.75, 3.05) is 6.61 Å². The minimum Gasteiger partial charge on any atom is -0.483 e. The summed E-state index contributed by atoms with van der Waals surface area (Å²) in [6.07, 6.45) is 0.357. The number of benzene rings is 3. The molecule has 1 atom stereocenters. The van der Waals surface area contributed by atoms with Crippen molar-refractivity contribution >= 4 is 35.0 Å². The summed E-state index contributed by atoms with van der Waals surface area (Å²) in [5.41, 5.74) is 3.68. The lowest BCUT2D eigenvalue weighted by Crippen LogP contribution is -2.52. The molecule has 1 N–H and O–H groups in total. The van der Waals surface area contributed by atoms with Crippen molar-refractivity contribution in [1.29, 1.82) is 0 Å². The van der Waals surface area contributed by atoms with Crippen LogP contribution in [-0.2, 0) is 22.6 Å². The van der Waals surface area contributed by atoms with Gasteiger partial charge in [-0.15, -0.1) is 0 Å². The largest absolute Gasteiger partial charge is 0.483 e. The van der Waals surface area contributed by atoms with Gasteiger partial charge in [-0.1, -0.05) is 71.7 Å². The third kappa shape index (κ3) is 7.74. The SMILES string of the molecule is Cc1ccc(C)c(OCC(=O)N(Cc2ccc(Cl)c(Cl)c2)[C@H](Cc2ccccc2)C(=O)NC(C)C)c1. The predicted molar refractivity (Wildman–Crippen MR) is 146 cm³/mol. The lowest BCUT2D eigenvalue weighted by molar-refractivity contribution is -0.143. The van der Waals surface area contributed by atoms with E-state index < -0.39 is 6.04 Å². The van der Waals surface area contributed by atoms with E-state index in [1.807, 2.05) is 76.2 Å². The lowest BCUT2D eigenvalue weighted by atomic mass is 10.0. The van der Waals surface area contributed by atoms with Gasteiger partial charge in [-0.3, -0.25) is 9.59 Å². The molecule has 0 aliphatic carbocycles. The molecule has 190 valence electrons. The zero-order valence-electron chi connectivity index (χ0n) is 21.1. The number of halogens is 2. The van der Waals surface area contributed by atoms with Gasteiger partial charge in [0.1, 0.15) is 11.8 Å². The Bertz CT molecular complexity index is 1200. The topological polar surface area (TPSA) is 58.6 Å². The summed E-state index contributed by atoms with van der Waals surface area (Å²) in [4.78, 5) is 28.6. The molecule has 7 heteroatoms.